The van der Waals surface area contributed by atoms with Crippen molar-refractivity contribution in [3.63, 3.8) is 0 Å². The molecule has 2 atom stereocenters. The van der Waals surface area contributed by atoms with E-state index in [-0.39, 0.29) is 29.3 Å². The lowest BCUT2D eigenvalue weighted by molar-refractivity contribution is -0.143. The van der Waals surface area contributed by atoms with Gasteiger partial charge in [-0.3, -0.25) is 9.59 Å². The number of carbonyl (C=O) groups is 3. The summed E-state index contributed by atoms with van der Waals surface area (Å²) in [6.45, 7) is 5.14. The Labute approximate surface area is 110 Å². The Morgan fingerprint density at radius 3 is 2.44 bits per heavy atom. The Hall–Kier alpha value is -1.24. The third-order valence-corrected chi connectivity index (χ3v) is 3.24. The number of thioether (sulfide) groups is 1. The van der Waals surface area contributed by atoms with Crippen molar-refractivity contribution in [2.75, 3.05) is 12.4 Å². The first kappa shape index (κ1) is 16.8. The van der Waals surface area contributed by atoms with Crippen molar-refractivity contribution in [3.8, 4) is 0 Å². The van der Waals surface area contributed by atoms with Gasteiger partial charge >= 0.3 is 11.9 Å². The lowest BCUT2D eigenvalue weighted by Crippen LogP contribution is -2.41. The molecule has 104 valence electrons. The molecule has 0 rings (SSSR count). The summed E-state index contributed by atoms with van der Waals surface area (Å²) in [6.07, 6.45) is 0.227. The molecule has 0 aliphatic carbocycles. The predicted octanol–water partition coefficient (Wildman–Crippen LogP) is 0.651. The van der Waals surface area contributed by atoms with Crippen LogP contribution in [-0.4, -0.2) is 46.6 Å². The van der Waals surface area contributed by atoms with Crippen molar-refractivity contribution in [3.05, 3.63) is 0 Å². The van der Waals surface area contributed by atoms with Gasteiger partial charge in [0.25, 0.3) is 0 Å². The molecule has 7 heteroatoms. The highest BCUT2D eigenvalue weighted by molar-refractivity contribution is 7.99. The Kier molecular flexibility index (Phi) is 8.19. The van der Waals surface area contributed by atoms with E-state index in [9.17, 15) is 14.4 Å². The summed E-state index contributed by atoms with van der Waals surface area (Å²) in [4.78, 5) is 32.8. The van der Waals surface area contributed by atoms with E-state index in [1.165, 1.54) is 18.7 Å². The van der Waals surface area contributed by atoms with Crippen molar-refractivity contribution in [2.45, 2.75) is 38.5 Å². The van der Waals surface area contributed by atoms with Gasteiger partial charge in [-0.2, -0.15) is 11.8 Å². The van der Waals surface area contributed by atoms with Crippen LogP contribution in [0.25, 0.3) is 0 Å². The highest BCUT2D eigenvalue weighted by Crippen LogP contribution is 2.16. The second-order valence-electron chi connectivity index (χ2n) is 3.74. The lowest BCUT2D eigenvalue weighted by Gasteiger charge is -2.15. The highest BCUT2D eigenvalue weighted by atomic mass is 32.2. The molecule has 0 spiro atoms. The highest BCUT2D eigenvalue weighted by Gasteiger charge is 2.20. The summed E-state index contributed by atoms with van der Waals surface area (Å²) >= 11 is 1.31. The van der Waals surface area contributed by atoms with Gasteiger partial charge in [0.05, 0.1) is 13.0 Å². The van der Waals surface area contributed by atoms with E-state index < -0.39 is 12.0 Å². The number of aliphatic carboxylic acids is 1. The second kappa shape index (κ2) is 8.79. The number of rotatable bonds is 8. The van der Waals surface area contributed by atoms with E-state index in [0.717, 1.165) is 0 Å². The fourth-order valence-electron chi connectivity index (χ4n) is 1.19. The van der Waals surface area contributed by atoms with E-state index in [1.54, 1.807) is 6.92 Å². The number of nitrogens with one attached hydrogen (secondary N) is 1. The van der Waals surface area contributed by atoms with Crippen molar-refractivity contribution in [2.24, 2.45) is 0 Å². The van der Waals surface area contributed by atoms with E-state index in [1.807, 2.05) is 6.92 Å². The maximum Gasteiger partial charge on any atom is 0.327 e. The SMILES string of the molecule is CCOC(=O)C[C@@H](C)SC[C@@H](NC(C)=O)C(=O)O. The van der Waals surface area contributed by atoms with E-state index in [0.29, 0.717) is 6.61 Å². The quantitative estimate of drug-likeness (QED) is 0.633. The first-order valence-corrected chi connectivity index (χ1v) is 6.68. The molecule has 0 bridgehead atoms. The zero-order chi connectivity index (χ0) is 14.1. The molecule has 0 radical (unpaired) electrons. The monoisotopic (exact) mass is 277 g/mol. The zero-order valence-electron chi connectivity index (χ0n) is 10.8. The molecule has 2 N–H and O–H groups in total. The maximum atomic E-state index is 11.2. The molecule has 0 aromatic rings. The summed E-state index contributed by atoms with van der Waals surface area (Å²) in [7, 11) is 0. The van der Waals surface area contributed by atoms with Crippen LogP contribution < -0.4 is 5.32 Å². The Morgan fingerprint density at radius 1 is 1.39 bits per heavy atom. The molecule has 0 saturated heterocycles. The molecule has 1 amide bonds. The van der Waals surface area contributed by atoms with Crippen LogP contribution in [0.3, 0.4) is 0 Å². The Bertz CT molecular complexity index is 308. The average molecular weight is 277 g/mol. The van der Waals surface area contributed by atoms with Crippen molar-refractivity contribution in [1.29, 1.82) is 0 Å². The van der Waals surface area contributed by atoms with Crippen LogP contribution in [0, 0.1) is 0 Å². The minimum atomic E-state index is -1.08. The lowest BCUT2D eigenvalue weighted by atomic mass is 10.3. The van der Waals surface area contributed by atoms with Gasteiger partial charge in [0, 0.05) is 17.9 Å². The maximum absolute atomic E-state index is 11.2. The molecule has 18 heavy (non-hydrogen) atoms. The van der Waals surface area contributed by atoms with Gasteiger partial charge < -0.3 is 15.2 Å². The minimum absolute atomic E-state index is 0.0559. The fourth-order valence-corrected chi connectivity index (χ4v) is 2.19. The molecule has 0 aliphatic rings. The number of carboxylic acids is 1. The third-order valence-electron chi connectivity index (χ3n) is 1.98. The summed E-state index contributed by atoms with van der Waals surface area (Å²) in [5, 5.41) is 11.2. The van der Waals surface area contributed by atoms with Crippen LogP contribution in [0.2, 0.25) is 0 Å². The summed E-state index contributed by atoms with van der Waals surface area (Å²) in [5.41, 5.74) is 0. The molecular weight excluding hydrogens is 258 g/mol. The van der Waals surface area contributed by atoms with Crippen LogP contribution in [0.1, 0.15) is 27.2 Å². The minimum Gasteiger partial charge on any atom is -0.480 e. The van der Waals surface area contributed by atoms with Crippen LogP contribution >= 0.6 is 11.8 Å². The average Bonchev–Trinajstić information content (AvgIpc) is 2.23. The van der Waals surface area contributed by atoms with Crippen molar-refractivity contribution < 1.29 is 24.2 Å². The van der Waals surface area contributed by atoms with Gasteiger partial charge in [0.1, 0.15) is 6.04 Å². The smallest absolute Gasteiger partial charge is 0.327 e. The van der Waals surface area contributed by atoms with Crippen LogP contribution in [0.15, 0.2) is 0 Å². The van der Waals surface area contributed by atoms with Crippen LogP contribution in [-0.2, 0) is 19.1 Å². The normalized spacial score (nSPS) is 13.5. The molecule has 0 saturated carbocycles. The van der Waals surface area contributed by atoms with Gasteiger partial charge in [-0.25, -0.2) is 4.79 Å². The summed E-state index contributed by atoms with van der Waals surface area (Å²) < 4.78 is 4.79. The number of ether oxygens (including phenoxy) is 1. The van der Waals surface area contributed by atoms with Gasteiger partial charge in [-0.05, 0) is 6.92 Å². The topological polar surface area (TPSA) is 92.7 Å². The Morgan fingerprint density at radius 2 is 2.00 bits per heavy atom. The first-order chi connectivity index (χ1) is 8.36. The number of carbonyl (C=O) groups excluding carboxylic acids is 2. The predicted molar refractivity (Wildman–Crippen MR) is 68.4 cm³/mol. The molecule has 0 aromatic heterocycles. The van der Waals surface area contributed by atoms with Gasteiger partial charge in [0.2, 0.25) is 5.91 Å². The second-order valence-corrected chi connectivity index (χ2v) is 5.22. The summed E-state index contributed by atoms with van der Waals surface area (Å²) in [5.74, 6) is -1.55. The largest absolute Gasteiger partial charge is 0.480 e. The number of hydrogen-bond acceptors (Lipinski definition) is 5. The number of carboxylic acid groups (broad SMARTS) is 1. The van der Waals surface area contributed by atoms with Gasteiger partial charge in [-0.1, -0.05) is 6.92 Å². The molecule has 0 heterocycles. The van der Waals surface area contributed by atoms with E-state index in [2.05, 4.69) is 5.32 Å². The third kappa shape index (κ3) is 7.94. The molecule has 0 fully saturated rings. The van der Waals surface area contributed by atoms with E-state index in [4.69, 9.17) is 9.84 Å². The Balaban J connectivity index is 4.06. The van der Waals surface area contributed by atoms with Crippen LogP contribution in [0.4, 0.5) is 0 Å². The van der Waals surface area contributed by atoms with Crippen LogP contribution in [0.5, 0.6) is 0 Å². The number of esters is 1. The molecule has 0 aliphatic heterocycles. The molecule has 0 aromatic carbocycles. The van der Waals surface area contributed by atoms with Gasteiger partial charge in [0.15, 0.2) is 0 Å². The summed E-state index contributed by atoms with van der Waals surface area (Å²) in [6, 6.07) is -0.933. The standard InChI is InChI=1S/C11H19NO5S/c1-4-17-10(14)5-7(2)18-6-9(11(15)16)12-8(3)13/h7,9H,4-6H2,1-3H3,(H,12,13)(H,15,16)/t7-,9-/m1/s1. The van der Waals surface area contributed by atoms with E-state index >= 15 is 0 Å². The molecular formula is C11H19NO5S. The zero-order valence-corrected chi connectivity index (χ0v) is 11.6. The molecule has 0 unspecified atom stereocenters. The molecule has 6 nitrogen and oxygen atoms in total. The van der Waals surface area contributed by atoms with Crippen molar-refractivity contribution >= 4 is 29.6 Å². The fraction of sp³-hybridized carbons (Fsp3) is 0.727. The number of hydrogen-bond donors (Lipinski definition) is 2. The first-order valence-electron chi connectivity index (χ1n) is 5.64. The number of amides is 1. The van der Waals surface area contributed by atoms with Crippen molar-refractivity contribution in [1.82, 2.24) is 5.32 Å². The van der Waals surface area contributed by atoms with Gasteiger partial charge in [-0.15, -0.1) is 0 Å².